The van der Waals surface area contributed by atoms with Crippen LogP contribution < -0.4 is 10.1 Å². The Morgan fingerprint density at radius 2 is 1.69 bits per heavy atom. The lowest BCUT2D eigenvalue weighted by molar-refractivity contribution is 0.305. The Morgan fingerprint density at radius 3 is 2.42 bits per heavy atom. The third-order valence-electron chi connectivity index (χ3n) is 4.98. The van der Waals surface area contributed by atoms with Gasteiger partial charge in [0.25, 0.3) is 0 Å². The van der Waals surface area contributed by atoms with Gasteiger partial charge in [0.1, 0.15) is 12.4 Å². The van der Waals surface area contributed by atoms with Crippen LogP contribution in [0.1, 0.15) is 35.1 Å². The zero-order chi connectivity index (χ0) is 17.8. The molecule has 2 atom stereocenters. The van der Waals surface area contributed by atoms with Crippen LogP contribution in [0.15, 0.2) is 91.5 Å². The second-order valence-electron chi connectivity index (χ2n) is 6.71. The Morgan fingerprint density at radius 1 is 0.962 bits per heavy atom. The smallest absolute Gasteiger partial charge is 0.120 e. The van der Waals surface area contributed by atoms with Crippen molar-refractivity contribution in [2.24, 2.45) is 0 Å². The molecule has 130 valence electrons. The minimum absolute atomic E-state index is 0.308. The molecule has 4 rings (SSSR count). The van der Waals surface area contributed by atoms with E-state index in [0.29, 0.717) is 18.6 Å². The molecule has 26 heavy (non-hydrogen) atoms. The zero-order valence-corrected chi connectivity index (χ0v) is 14.8. The highest BCUT2D eigenvalue weighted by Crippen LogP contribution is 2.42. The Hall–Kier alpha value is -3.00. The van der Waals surface area contributed by atoms with Gasteiger partial charge in [0.05, 0.1) is 6.04 Å². The fraction of sp³-hybridized carbons (Fsp3) is 0.167. The molecule has 0 bridgehead atoms. The second kappa shape index (κ2) is 7.49. The van der Waals surface area contributed by atoms with E-state index in [1.54, 1.807) is 0 Å². The molecule has 1 aliphatic rings. The van der Waals surface area contributed by atoms with Crippen molar-refractivity contribution in [1.82, 2.24) is 0 Å². The van der Waals surface area contributed by atoms with Crippen LogP contribution in [-0.2, 0) is 6.61 Å². The molecule has 0 fully saturated rings. The second-order valence-corrected chi connectivity index (χ2v) is 6.71. The highest BCUT2D eigenvalue weighted by molar-refractivity contribution is 5.60. The first kappa shape index (κ1) is 16.5. The van der Waals surface area contributed by atoms with Gasteiger partial charge in [0, 0.05) is 11.6 Å². The molecule has 0 saturated heterocycles. The molecular formula is C24H23NO. The van der Waals surface area contributed by atoms with E-state index in [4.69, 9.17) is 4.74 Å². The van der Waals surface area contributed by atoms with Crippen molar-refractivity contribution in [2.75, 3.05) is 5.32 Å². The van der Waals surface area contributed by atoms with Gasteiger partial charge in [-0.15, -0.1) is 6.58 Å². The lowest BCUT2D eigenvalue weighted by Crippen LogP contribution is -2.20. The van der Waals surface area contributed by atoms with Crippen molar-refractivity contribution in [1.29, 1.82) is 0 Å². The molecule has 0 aromatic heterocycles. The van der Waals surface area contributed by atoms with Gasteiger partial charge in [0.15, 0.2) is 0 Å². The van der Waals surface area contributed by atoms with Crippen LogP contribution in [0.5, 0.6) is 5.75 Å². The molecule has 2 heteroatoms. The molecular weight excluding hydrogens is 318 g/mol. The van der Waals surface area contributed by atoms with Crippen LogP contribution in [-0.4, -0.2) is 0 Å². The molecule has 3 aromatic carbocycles. The number of benzene rings is 3. The Labute approximate surface area is 155 Å². The number of hydrogen-bond donors (Lipinski definition) is 1. The summed E-state index contributed by atoms with van der Waals surface area (Å²) in [6, 6.07) is 27.5. The number of nitrogens with one attached hydrogen (secondary N) is 1. The van der Waals surface area contributed by atoms with Gasteiger partial charge in [0.2, 0.25) is 0 Å². The SMILES string of the molecule is C=C[C@H]1C[C@@H](c2ccccc2)Nc2ccc(OCc3ccccc3)cc21. The highest BCUT2D eigenvalue weighted by Gasteiger charge is 2.26. The minimum atomic E-state index is 0.308. The van der Waals surface area contributed by atoms with Crippen molar-refractivity contribution in [3.05, 3.63) is 108 Å². The molecule has 3 aromatic rings. The molecule has 1 N–H and O–H groups in total. The first-order valence-electron chi connectivity index (χ1n) is 9.08. The summed E-state index contributed by atoms with van der Waals surface area (Å²) in [4.78, 5) is 0. The third-order valence-corrected chi connectivity index (χ3v) is 4.98. The number of fused-ring (bicyclic) bond motifs is 1. The fourth-order valence-corrected chi connectivity index (χ4v) is 3.57. The van der Waals surface area contributed by atoms with Gasteiger partial charge in [-0.1, -0.05) is 66.7 Å². The molecule has 1 aliphatic heterocycles. The van der Waals surface area contributed by atoms with E-state index in [9.17, 15) is 0 Å². The van der Waals surface area contributed by atoms with Crippen molar-refractivity contribution in [3.8, 4) is 5.75 Å². The van der Waals surface area contributed by atoms with E-state index in [1.807, 2.05) is 24.3 Å². The van der Waals surface area contributed by atoms with Gasteiger partial charge < -0.3 is 10.1 Å². The van der Waals surface area contributed by atoms with Crippen molar-refractivity contribution in [2.45, 2.75) is 25.0 Å². The first-order valence-corrected chi connectivity index (χ1v) is 9.08. The van der Waals surface area contributed by atoms with E-state index in [0.717, 1.165) is 12.2 Å². The maximum absolute atomic E-state index is 6.00. The van der Waals surface area contributed by atoms with Gasteiger partial charge in [-0.05, 0) is 41.3 Å². The molecule has 0 unspecified atom stereocenters. The summed E-state index contributed by atoms with van der Waals surface area (Å²) in [6.45, 7) is 4.65. The summed E-state index contributed by atoms with van der Waals surface area (Å²) in [7, 11) is 0. The zero-order valence-electron chi connectivity index (χ0n) is 14.8. The number of anilines is 1. The summed E-state index contributed by atoms with van der Waals surface area (Å²) >= 11 is 0. The molecule has 0 amide bonds. The fourth-order valence-electron chi connectivity index (χ4n) is 3.57. The maximum atomic E-state index is 6.00. The topological polar surface area (TPSA) is 21.3 Å². The molecule has 0 aliphatic carbocycles. The Bertz CT molecular complexity index is 873. The van der Waals surface area contributed by atoms with E-state index in [-0.39, 0.29) is 0 Å². The van der Waals surface area contributed by atoms with Gasteiger partial charge >= 0.3 is 0 Å². The molecule has 0 saturated carbocycles. The van der Waals surface area contributed by atoms with Crippen LogP contribution in [0, 0.1) is 0 Å². The maximum Gasteiger partial charge on any atom is 0.120 e. The normalized spacial score (nSPS) is 18.5. The summed E-state index contributed by atoms with van der Waals surface area (Å²) in [5.74, 6) is 1.22. The summed E-state index contributed by atoms with van der Waals surface area (Å²) < 4.78 is 6.00. The van der Waals surface area contributed by atoms with Gasteiger partial charge in [-0.3, -0.25) is 0 Å². The van der Waals surface area contributed by atoms with Crippen molar-refractivity contribution < 1.29 is 4.74 Å². The third kappa shape index (κ3) is 3.50. The largest absolute Gasteiger partial charge is 0.489 e. The highest BCUT2D eigenvalue weighted by atomic mass is 16.5. The van der Waals surface area contributed by atoms with Crippen LogP contribution in [0.3, 0.4) is 0 Å². The quantitative estimate of drug-likeness (QED) is 0.567. The van der Waals surface area contributed by atoms with Gasteiger partial charge in [-0.2, -0.15) is 0 Å². The predicted octanol–water partition coefficient (Wildman–Crippen LogP) is 6.09. The average molecular weight is 341 g/mol. The van der Waals surface area contributed by atoms with Crippen molar-refractivity contribution in [3.63, 3.8) is 0 Å². The standard InChI is InChI=1S/C24H23NO/c1-2-19-15-24(20-11-7-4-8-12-20)25-23-14-13-21(16-22(19)23)26-17-18-9-5-3-6-10-18/h2-14,16,19,24-25H,1,15,17H2/t19-,24-/m0/s1. The van der Waals surface area contributed by atoms with Crippen molar-refractivity contribution >= 4 is 5.69 Å². The molecule has 0 spiro atoms. The summed E-state index contributed by atoms with van der Waals surface area (Å²) in [5.41, 5.74) is 4.92. The summed E-state index contributed by atoms with van der Waals surface area (Å²) in [6.07, 6.45) is 3.05. The van der Waals surface area contributed by atoms with Gasteiger partial charge in [-0.25, -0.2) is 0 Å². The van der Waals surface area contributed by atoms with E-state index >= 15 is 0 Å². The van der Waals surface area contributed by atoms with E-state index in [1.165, 1.54) is 22.4 Å². The number of allylic oxidation sites excluding steroid dienone is 1. The lowest BCUT2D eigenvalue weighted by Gasteiger charge is -2.32. The first-order chi connectivity index (χ1) is 12.8. The van der Waals surface area contributed by atoms with Crippen LogP contribution in [0.25, 0.3) is 0 Å². The monoisotopic (exact) mass is 341 g/mol. The molecule has 2 nitrogen and oxygen atoms in total. The predicted molar refractivity (Wildman–Crippen MR) is 108 cm³/mol. The Kier molecular flexibility index (Phi) is 4.74. The van der Waals surface area contributed by atoms with Crippen LogP contribution in [0.2, 0.25) is 0 Å². The van der Waals surface area contributed by atoms with E-state index < -0.39 is 0 Å². The molecule has 1 heterocycles. The van der Waals surface area contributed by atoms with E-state index in [2.05, 4.69) is 72.6 Å². The lowest BCUT2D eigenvalue weighted by atomic mass is 9.84. The number of hydrogen-bond acceptors (Lipinski definition) is 2. The van der Waals surface area contributed by atoms with Crippen LogP contribution in [0.4, 0.5) is 5.69 Å². The Balaban J connectivity index is 1.54. The molecule has 0 radical (unpaired) electrons. The van der Waals surface area contributed by atoms with Crippen LogP contribution >= 0.6 is 0 Å². The summed E-state index contributed by atoms with van der Waals surface area (Å²) in [5, 5.41) is 3.68. The number of rotatable bonds is 5. The number of ether oxygens (including phenoxy) is 1. The minimum Gasteiger partial charge on any atom is -0.489 e. The average Bonchev–Trinajstić information content (AvgIpc) is 2.72.